The molecule has 0 saturated carbocycles. The number of hydrogen-bond donors (Lipinski definition) is 0. The van der Waals surface area contributed by atoms with Crippen molar-refractivity contribution >= 4 is 5.91 Å². The van der Waals surface area contributed by atoms with E-state index in [1.165, 1.54) is 0 Å². The number of para-hydroxylation sites is 1. The highest BCUT2D eigenvalue weighted by molar-refractivity contribution is 5.94. The van der Waals surface area contributed by atoms with Crippen LogP contribution < -0.4 is 0 Å². The lowest BCUT2D eigenvalue weighted by Crippen LogP contribution is -2.26. The van der Waals surface area contributed by atoms with Crippen molar-refractivity contribution in [2.24, 2.45) is 0 Å². The third-order valence-corrected chi connectivity index (χ3v) is 3.94. The van der Waals surface area contributed by atoms with Crippen LogP contribution >= 0.6 is 0 Å². The Labute approximate surface area is 147 Å². The lowest BCUT2D eigenvalue weighted by Gasteiger charge is -2.16. The highest BCUT2D eigenvalue weighted by Gasteiger charge is 2.13. The van der Waals surface area contributed by atoms with Gasteiger partial charge in [0.2, 0.25) is 0 Å². The van der Waals surface area contributed by atoms with E-state index in [0.29, 0.717) is 18.7 Å². The van der Waals surface area contributed by atoms with Gasteiger partial charge in [-0.15, -0.1) is 0 Å². The minimum absolute atomic E-state index is 0.0172. The summed E-state index contributed by atoms with van der Waals surface area (Å²) in [5.41, 5.74) is 3.69. The van der Waals surface area contributed by atoms with E-state index in [1.807, 2.05) is 65.5 Å². The molecule has 3 rings (SSSR count). The first-order chi connectivity index (χ1) is 12.2. The van der Waals surface area contributed by atoms with Crippen LogP contribution in [0.2, 0.25) is 0 Å². The minimum atomic E-state index is -0.0172. The van der Waals surface area contributed by atoms with Crippen LogP contribution in [0.3, 0.4) is 0 Å². The zero-order chi connectivity index (χ0) is 17.6. The minimum Gasteiger partial charge on any atom is -0.380 e. The summed E-state index contributed by atoms with van der Waals surface area (Å²) in [6.07, 6.45) is 3.74. The van der Waals surface area contributed by atoms with E-state index in [4.69, 9.17) is 4.74 Å². The molecule has 0 saturated heterocycles. The number of ether oxygens (including phenoxy) is 1. The van der Waals surface area contributed by atoms with E-state index in [-0.39, 0.29) is 5.91 Å². The molecule has 5 nitrogen and oxygen atoms in total. The van der Waals surface area contributed by atoms with Crippen molar-refractivity contribution in [2.45, 2.75) is 13.2 Å². The van der Waals surface area contributed by atoms with Gasteiger partial charge in [0, 0.05) is 38.0 Å². The molecule has 0 bridgehead atoms. The molecule has 25 heavy (non-hydrogen) atoms. The first-order valence-electron chi connectivity index (χ1n) is 8.09. The van der Waals surface area contributed by atoms with Gasteiger partial charge in [-0.3, -0.25) is 4.79 Å². The summed E-state index contributed by atoms with van der Waals surface area (Å²) in [7, 11) is 3.45. The molecule has 1 amide bonds. The number of methoxy groups -OCH3 is 1. The van der Waals surface area contributed by atoms with Crippen molar-refractivity contribution in [3.8, 4) is 5.69 Å². The standard InChI is InChI=1S/C20H21N3O2/c1-22(20(24)18-10-8-16(9-11-18)15-25-2)13-17-12-21-23(14-17)19-6-4-3-5-7-19/h3-12,14H,13,15H2,1-2H3. The molecule has 5 heteroatoms. The second-order valence-corrected chi connectivity index (χ2v) is 5.92. The van der Waals surface area contributed by atoms with Gasteiger partial charge in [-0.2, -0.15) is 5.10 Å². The highest BCUT2D eigenvalue weighted by atomic mass is 16.5. The summed E-state index contributed by atoms with van der Waals surface area (Å²) < 4.78 is 6.90. The van der Waals surface area contributed by atoms with E-state index in [2.05, 4.69) is 5.10 Å². The maximum Gasteiger partial charge on any atom is 0.253 e. The summed E-state index contributed by atoms with van der Waals surface area (Å²) in [4.78, 5) is 14.3. The molecule has 2 aromatic carbocycles. The molecule has 0 atom stereocenters. The Bertz CT molecular complexity index is 826. The number of rotatable bonds is 6. The Morgan fingerprint density at radius 3 is 2.48 bits per heavy atom. The molecule has 0 unspecified atom stereocenters. The second kappa shape index (κ2) is 7.77. The average molecular weight is 335 g/mol. The van der Waals surface area contributed by atoms with Crippen molar-refractivity contribution in [3.05, 3.63) is 83.7 Å². The molecule has 1 aromatic heterocycles. The monoisotopic (exact) mass is 335 g/mol. The summed E-state index contributed by atoms with van der Waals surface area (Å²) >= 11 is 0. The number of benzene rings is 2. The zero-order valence-electron chi connectivity index (χ0n) is 14.4. The first-order valence-corrected chi connectivity index (χ1v) is 8.09. The molecule has 128 valence electrons. The number of amides is 1. The fourth-order valence-electron chi connectivity index (χ4n) is 2.64. The van der Waals surface area contributed by atoms with Crippen LogP contribution in [0.15, 0.2) is 67.0 Å². The largest absolute Gasteiger partial charge is 0.380 e. The van der Waals surface area contributed by atoms with Crippen LogP contribution in [-0.2, 0) is 17.9 Å². The van der Waals surface area contributed by atoms with Gasteiger partial charge in [-0.1, -0.05) is 30.3 Å². The van der Waals surface area contributed by atoms with Crippen LogP contribution in [0.4, 0.5) is 0 Å². The van der Waals surface area contributed by atoms with E-state index >= 15 is 0 Å². The molecular weight excluding hydrogens is 314 g/mol. The van der Waals surface area contributed by atoms with Gasteiger partial charge in [0.15, 0.2) is 0 Å². The van der Waals surface area contributed by atoms with Gasteiger partial charge in [-0.05, 0) is 29.8 Å². The summed E-state index contributed by atoms with van der Waals surface area (Å²) in [6.45, 7) is 1.05. The lowest BCUT2D eigenvalue weighted by atomic mass is 10.1. The maximum absolute atomic E-state index is 12.6. The van der Waals surface area contributed by atoms with E-state index in [1.54, 1.807) is 25.3 Å². The van der Waals surface area contributed by atoms with Crippen molar-refractivity contribution in [2.75, 3.05) is 14.2 Å². The highest BCUT2D eigenvalue weighted by Crippen LogP contribution is 2.12. The van der Waals surface area contributed by atoms with E-state index in [9.17, 15) is 4.79 Å². The van der Waals surface area contributed by atoms with E-state index < -0.39 is 0 Å². The van der Waals surface area contributed by atoms with Crippen molar-refractivity contribution in [1.82, 2.24) is 14.7 Å². The molecule has 3 aromatic rings. The van der Waals surface area contributed by atoms with Crippen LogP contribution in [0.5, 0.6) is 0 Å². The Kier molecular flexibility index (Phi) is 5.26. The molecule has 1 heterocycles. The molecular formula is C20H21N3O2. The second-order valence-electron chi connectivity index (χ2n) is 5.92. The lowest BCUT2D eigenvalue weighted by molar-refractivity contribution is 0.0785. The predicted octanol–water partition coefficient (Wildman–Crippen LogP) is 3.29. The molecule has 0 fully saturated rings. The van der Waals surface area contributed by atoms with E-state index in [0.717, 1.165) is 16.8 Å². The van der Waals surface area contributed by atoms with Crippen LogP contribution in [0.25, 0.3) is 5.69 Å². The summed E-state index contributed by atoms with van der Waals surface area (Å²) in [6, 6.07) is 17.4. The number of carbonyl (C=O) groups is 1. The Morgan fingerprint density at radius 2 is 1.80 bits per heavy atom. The summed E-state index contributed by atoms with van der Waals surface area (Å²) in [5, 5.41) is 4.37. The fourth-order valence-corrected chi connectivity index (χ4v) is 2.64. The van der Waals surface area contributed by atoms with Crippen molar-refractivity contribution in [1.29, 1.82) is 0 Å². The molecule has 0 N–H and O–H groups in total. The number of hydrogen-bond acceptors (Lipinski definition) is 3. The van der Waals surface area contributed by atoms with Crippen molar-refractivity contribution < 1.29 is 9.53 Å². The van der Waals surface area contributed by atoms with Crippen LogP contribution in [0, 0.1) is 0 Å². The Balaban J connectivity index is 1.66. The van der Waals surface area contributed by atoms with Gasteiger partial charge in [0.25, 0.3) is 5.91 Å². The molecule has 0 spiro atoms. The molecule has 0 aliphatic heterocycles. The third kappa shape index (κ3) is 4.14. The Hall–Kier alpha value is -2.92. The zero-order valence-corrected chi connectivity index (χ0v) is 14.4. The predicted molar refractivity (Wildman–Crippen MR) is 96.5 cm³/mol. The van der Waals surface area contributed by atoms with Crippen LogP contribution in [-0.4, -0.2) is 34.7 Å². The molecule has 0 aliphatic rings. The van der Waals surface area contributed by atoms with Gasteiger partial charge in [0.05, 0.1) is 18.5 Å². The quantitative estimate of drug-likeness (QED) is 0.694. The fraction of sp³-hybridized carbons (Fsp3) is 0.200. The van der Waals surface area contributed by atoms with Gasteiger partial charge >= 0.3 is 0 Å². The number of aromatic nitrogens is 2. The SMILES string of the molecule is COCc1ccc(C(=O)N(C)Cc2cnn(-c3ccccc3)c2)cc1. The maximum atomic E-state index is 12.6. The van der Waals surface area contributed by atoms with Crippen LogP contribution in [0.1, 0.15) is 21.5 Å². The first kappa shape index (κ1) is 16.9. The average Bonchev–Trinajstić information content (AvgIpc) is 3.11. The number of carbonyl (C=O) groups excluding carboxylic acids is 1. The van der Waals surface area contributed by atoms with Gasteiger partial charge in [0.1, 0.15) is 0 Å². The number of nitrogens with zero attached hydrogens (tertiary/aromatic N) is 3. The van der Waals surface area contributed by atoms with Crippen molar-refractivity contribution in [3.63, 3.8) is 0 Å². The molecule has 0 radical (unpaired) electrons. The smallest absolute Gasteiger partial charge is 0.253 e. The third-order valence-electron chi connectivity index (χ3n) is 3.94. The molecule has 0 aliphatic carbocycles. The topological polar surface area (TPSA) is 47.4 Å². The summed E-state index contributed by atoms with van der Waals surface area (Å²) in [5.74, 6) is -0.0172. The van der Waals surface area contributed by atoms with Gasteiger partial charge in [-0.25, -0.2) is 4.68 Å². The normalized spacial score (nSPS) is 10.6. The van der Waals surface area contributed by atoms with Gasteiger partial charge < -0.3 is 9.64 Å². The Morgan fingerprint density at radius 1 is 1.08 bits per heavy atom.